The summed E-state index contributed by atoms with van der Waals surface area (Å²) in [5.74, 6) is -0.774. The number of carbonyl (C=O) groups excluding carboxylic acids is 2. The molecule has 4 N–H and O–H groups in total. The van der Waals surface area contributed by atoms with Gasteiger partial charge in [-0.15, -0.1) is 0 Å². The molecule has 1 heterocycles. The maximum absolute atomic E-state index is 12.8. The lowest BCUT2D eigenvalue weighted by atomic mass is 10.1. The minimum Gasteiger partial charge on any atom is -0.346 e. The summed E-state index contributed by atoms with van der Waals surface area (Å²) in [5, 5.41) is 8.37. The van der Waals surface area contributed by atoms with Crippen LogP contribution in [0.1, 0.15) is 41.1 Å². The number of hydrogen-bond donors (Lipinski definition) is 4. The number of anilines is 2. The molecule has 4 rings (SSSR count). The van der Waals surface area contributed by atoms with Crippen LogP contribution in [0.25, 0.3) is 11.0 Å². The van der Waals surface area contributed by atoms with E-state index in [9.17, 15) is 18.4 Å². The molecular formula is C24H21F2N5O2. The van der Waals surface area contributed by atoms with Gasteiger partial charge in [0.25, 0.3) is 12.3 Å². The van der Waals surface area contributed by atoms with Gasteiger partial charge in [0.05, 0.1) is 17.1 Å². The Morgan fingerprint density at radius 2 is 1.58 bits per heavy atom. The summed E-state index contributed by atoms with van der Waals surface area (Å²) < 4.78 is 25.6. The van der Waals surface area contributed by atoms with E-state index in [1.807, 2.05) is 25.1 Å². The van der Waals surface area contributed by atoms with Crippen LogP contribution < -0.4 is 16.0 Å². The third-order valence-corrected chi connectivity index (χ3v) is 5.02. The number of rotatable bonds is 6. The highest BCUT2D eigenvalue weighted by Gasteiger charge is 2.16. The van der Waals surface area contributed by atoms with Gasteiger partial charge in [0.2, 0.25) is 0 Å². The Labute approximate surface area is 188 Å². The Balaban J connectivity index is 1.37. The molecule has 0 aliphatic rings. The van der Waals surface area contributed by atoms with Crippen molar-refractivity contribution >= 4 is 34.3 Å². The number of nitrogens with one attached hydrogen (secondary N) is 4. The lowest BCUT2D eigenvalue weighted by molar-refractivity contribution is 0.0940. The zero-order valence-corrected chi connectivity index (χ0v) is 17.6. The van der Waals surface area contributed by atoms with Crippen molar-refractivity contribution in [3.63, 3.8) is 0 Å². The van der Waals surface area contributed by atoms with Crippen LogP contribution in [-0.2, 0) is 0 Å². The number of para-hydroxylation sites is 1. The summed E-state index contributed by atoms with van der Waals surface area (Å²) in [6, 6.07) is 20.1. The number of fused-ring (bicyclic) bond motifs is 1. The average Bonchev–Trinajstić information content (AvgIpc) is 3.24. The maximum atomic E-state index is 12.8. The van der Waals surface area contributed by atoms with Crippen molar-refractivity contribution < 1.29 is 18.4 Å². The largest absolute Gasteiger partial charge is 0.346 e. The molecule has 0 spiro atoms. The molecule has 0 saturated heterocycles. The van der Waals surface area contributed by atoms with E-state index in [1.165, 1.54) is 12.1 Å². The number of imidazole rings is 1. The van der Waals surface area contributed by atoms with Crippen molar-refractivity contribution in [1.82, 2.24) is 15.3 Å². The molecule has 7 nitrogen and oxygen atoms in total. The highest BCUT2D eigenvalue weighted by Crippen LogP contribution is 2.22. The minimum atomic E-state index is -2.71. The summed E-state index contributed by atoms with van der Waals surface area (Å²) >= 11 is 0. The second-order valence-electron chi connectivity index (χ2n) is 7.42. The molecular weight excluding hydrogens is 428 g/mol. The number of alkyl halides is 2. The molecule has 0 aliphatic carbocycles. The molecule has 0 radical (unpaired) electrons. The van der Waals surface area contributed by atoms with Crippen LogP contribution in [0.15, 0.2) is 72.8 Å². The third-order valence-electron chi connectivity index (χ3n) is 5.02. The van der Waals surface area contributed by atoms with Crippen LogP contribution in [0.3, 0.4) is 0 Å². The van der Waals surface area contributed by atoms with Crippen molar-refractivity contribution in [2.75, 3.05) is 10.6 Å². The molecule has 3 amide bonds. The Bertz CT molecular complexity index is 1270. The predicted molar refractivity (Wildman–Crippen MR) is 122 cm³/mol. The number of hydrogen-bond acceptors (Lipinski definition) is 3. The molecule has 1 aromatic heterocycles. The van der Waals surface area contributed by atoms with E-state index in [1.54, 1.807) is 42.5 Å². The second kappa shape index (κ2) is 9.47. The van der Waals surface area contributed by atoms with Crippen LogP contribution in [0, 0.1) is 0 Å². The van der Waals surface area contributed by atoms with Crippen molar-refractivity contribution in [3.05, 3.63) is 89.7 Å². The number of H-pyrrole nitrogens is 1. The standard InChI is InChI=1S/C24H21F2N5O2/c1-14(27-23(32)16-9-12-19-20(13-16)31-22(30-19)21(25)26)15-7-10-18(11-8-15)29-24(33)28-17-5-3-2-4-6-17/h2-14,21H,1H3,(H,27,32)(H,30,31)(H2,28,29,33). The van der Waals surface area contributed by atoms with Gasteiger partial charge in [-0.25, -0.2) is 18.6 Å². The molecule has 4 aromatic rings. The lowest BCUT2D eigenvalue weighted by Gasteiger charge is -2.15. The normalized spacial score (nSPS) is 11.9. The summed E-state index contributed by atoms with van der Waals surface area (Å²) in [5.41, 5.74) is 3.19. The molecule has 1 unspecified atom stereocenters. The smallest absolute Gasteiger partial charge is 0.323 e. The molecule has 0 bridgehead atoms. The van der Waals surface area contributed by atoms with Gasteiger partial charge in [-0.05, 0) is 55.0 Å². The quantitative estimate of drug-likeness (QED) is 0.307. The summed E-state index contributed by atoms with van der Waals surface area (Å²) in [6.07, 6.45) is -2.71. The maximum Gasteiger partial charge on any atom is 0.323 e. The van der Waals surface area contributed by atoms with Gasteiger partial charge in [0, 0.05) is 16.9 Å². The van der Waals surface area contributed by atoms with E-state index in [-0.39, 0.29) is 18.0 Å². The van der Waals surface area contributed by atoms with Crippen LogP contribution in [-0.4, -0.2) is 21.9 Å². The molecule has 1 atom stereocenters. The molecule has 168 valence electrons. The molecule has 33 heavy (non-hydrogen) atoms. The van der Waals surface area contributed by atoms with Gasteiger partial charge in [0.15, 0.2) is 5.82 Å². The Morgan fingerprint density at radius 3 is 2.24 bits per heavy atom. The molecule has 9 heteroatoms. The van der Waals surface area contributed by atoms with Crippen LogP contribution in [0.4, 0.5) is 25.0 Å². The predicted octanol–water partition coefficient (Wildman–Crippen LogP) is 5.64. The Morgan fingerprint density at radius 1 is 0.909 bits per heavy atom. The Hall–Kier alpha value is -4.27. The Kier molecular flexibility index (Phi) is 6.30. The molecule has 3 aromatic carbocycles. The van der Waals surface area contributed by atoms with E-state index in [4.69, 9.17) is 0 Å². The van der Waals surface area contributed by atoms with Gasteiger partial charge < -0.3 is 20.9 Å². The number of urea groups is 1. The fourth-order valence-electron chi connectivity index (χ4n) is 3.31. The van der Waals surface area contributed by atoms with Gasteiger partial charge in [-0.1, -0.05) is 30.3 Å². The van der Waals surface area contributed by atoms with E-state index in [0.717, 1.165) is 5.56 Å². The van der Waals surface area contributed by atoms with E-state index in [0.29, 0.717) is 28.0 Å². The number of aromatic nitrogens is 2. The number of aromatic amines is 1. The second-order valence-corrected chi connectivity index (χ2v) is 7.42. The van der Waals surface area contributed by atoms with Crippen LogP contribution >= 0.6 is 0 Å². The SMILES string of the molecule is CC(NC(=O)c1ccc2nc(C(F)F)[nH]c2c1)c1ccc(NC(=O)Nc2ccccc2)cc1. The number of amides is 3. The first-order valence-electron chi connectivity index (χ1n) is 10.2. The number of nitrogens with zero attached hydrogens (tertiary/aromatic N) is 1. The molecule has 0 fully saturated rings. The first-order chi connectivity index (χ1) is 15.9. The summed E-state index contributed by atoms with van der Waals surface area (Å²) in [6.45, 7) is 1.83. The number of carbonyl (C=O) groups is 2. The van der Waals surface area contributed by atoms with Gasteiger partial charge in [-0.3, -0.25) is 4.79 Å². The summed E-state index contributed by atoms with van der Waals surface area (Å²) in [4.78, 5) is 31.1. The van der Waals surface area contributed by atoms with Gasteiger partial charge in [0.1, 0.15) is 0 Å². The van der Waals surface area contributed by atoms with Crippen LogP contribution in [0.2, 0.25) is 0 Å². The zero-order valence-electron chi connectivity index (χ0n) is 17.6. The van der Waals surface area contributed by atoms with Crippen molar-refractivity contribution in [2.24, 2.45) is 0 Å². The molecule has 0 aliphatic heterocycles. The van der Waals surface area contributed by atoms with E-state index < -0.39 is 12.2 Å². The molecule has 0 saturated carbocycles. The average molecular weight is 449 g/mol. The first kappa shape index (κ1) is 21.9. The highest BCUT2D eigenvalue weighted by molar-refractivity contribution is 6.00. The van der Waals surface area contributed by atoms with E-state index in [2.05, 4.69) is 25.9 Å². The van der Waals surface area contributed by atoms with Crippen molar-refractivity contribution in [3.8, 4) is 0 Å². The van der Waals surface area contributed by atoms with Crippen molar-refractivity contribution in [1.29, 1.82) is 0 Å². The monoisotopic (exact) mass is 449 g/mol. The van der Waals surface area contributed by atoms with Gasteiger partial charge in [-0.2, -0.15) is 0 Å². The first-order valence-corrected chi connectivity index (χ1v) is 10.2. The fourth-order valence-corrected chi connectivity index (χ4v) is 3.31. The topological polar surface area (TPSA) is 98.9 Å². The van der Waals surface area contributed by atoms with Crippen molar-refractivity contribution in [2.45, 2.75) is 19.4 Å². The van der Waals surface area contributed by atoms with E-state index >= 15 is 0 Å². The fraction of sp³-hybridized carbons (Fsp3) is 0.125. The lowest BCUT2D eigenvalue weighted by Crippen LogP contribution is -2.26. The van der Waals surface area contributed by atoms with Gasteiger partial charge >= 0.3 is 6.03 Å². The minimum absolute atomic E-state index is 0.321. The number of halogens is 2. The number of benzene rings is 3. The summed E-state index contributed by atoms with van der Waals surface area (Å²) in [7, 11) is 0. The zero-order chi connectivity index (χ0) is 23.4. The highest BCUT2D eigenvalue weighted by atomic mass is 19.3. The van der Waals surface area contributed by atoms with Crippen LogP contribution in [0.5, 0.6) is 0 Å². The third kappa shape index (κ3) is 5.32.